The summed E-state index contributed by atoms with van der Waals surface area (Å²) in [5.41, 5.74) is 0.521. The highest BCUT2D eigenvalue weighted by Crippen LogP contribution is 2.18. The Morgan fingerprint density at radius 2 is 2.00 bits per heavy atom. The summed E-state index contributed by atoms with van der Waals surface area (Å²) in [5, 5.41) is 24.6. The molecule has 4 nitrogen and oxygen atoms in total. The molecule has 0 heterocycles. The maximum absolute atomic E-state index is 8.41. The first-order chi connectivity index (χ1) is 6.76. The molecular formula is C9H5ClN4. The zero-order valence-corrected chi connectivity index (χ0v) is 7.81. The Bertz CT molecular complexity index is 413. The number of benzene rings is 1. The smallest absolute Gasteiger partial charge is 0.195 e. The van der Waals surface area contributed by atoms with E-state index >= 15 is 0 Å². The van der Waals surface area contributed by atoms with Gasteiger partial charge in [0.1, 0.15) is 12.1 Å². The van der Waals surface area contributed by atoms with E-state index < -0.39 is 6.04 Å². The van der Waals surface area contributed by atoms with Gasteiger partial charge in [-0.15, -0.1) is 0 Å². The van der Waals surface area contributed by atoms with Crippen LogP contribution in [0.4, 0.5) is 5.69 Å². The molecule has 1 rings (SSSR count). The molecule has 0 fully saturated rings. The highest BCUT2D eigenvalue weighted by Gasteiger charge is 2.00. The lowest BCUT2D eigenvalue weighted by atomic mass is 10.3. The number of rotatable bonds is 2. The molecule has 68 valence electrons. The summed E-state index contributed by atoms with van der Waals surface area (Å²) in [6.07, 6.45) is 0. The minimum absolute atomic E-state index is 0.521. The van der Waals surface area contributed by atoms with Crippen LogP contribution in [-0.4, -0.2) is 6.04 Å². The van der Waals surface area contributed by atoms with Gasteiger partial charge in [0.05, 0.1) is 5.69 Å². The lowest BCUT2D eigenvalue weighted by molar-refractivity contribution is 0.949. The van der Waals surface area contributed by atoms with Gasteiger partial charge in [-0.05, 0) is 18.2 Å². The fourth-order valence-corrected chi connectivity index (χ4v) is 0.928. The number of halogens is 1. The summed E-state index contributed by atoms with van der Waals surface area (Å²) < 4.78 is 0. The first-order valence-corrected chi connectivity index (χ1v) is 4.09. The van der Waals surface area contributed by atoms with E-state index in [9.17, 15) is 0 Å². The minimum Gasteiger partial charge on any atom is -0.195 e. The van der Waals surface area contributed by atoms with Crippen molar-refractivity contribution in [3.8, 4) is 12.1 Å². The Kier molecular flexibility index (Phi) is 3.60. The third kappa shape index (κ3) is 2.85. The molecule has 0 atom stereocenters. The normalized spacial score (nSPS) is 10.0. The monoisotopic (exact) mass is 204 g/mol. The Morgan fingerprint density at radius 1 is 1.29 bits per heavy atom. The molecule has 0 radical (unpaired) electrons. The van der Waals surface area contributed by atoms with Gasteiger partial charge in [0.25, 0.3) is 0 Å². The van der Waals surface area contributed by atoms with E-state index in [4.69, 9.17) is 22.1 Å². The van der Waals surface area contributed by atoms with E-state index in [0.717, 1.165) is 0 Å². The van der Waals surface area contributed by atoms with E-state index in [2.05, 4.69) is 10.2 Å². The predicted molar refractivity (Wildman–Crippen MR) is 51.0 cm³/mol. The van der Waals surface area contributed by atoms with E-state index in [0.29, 0.717) is 10.7 Å². The molecule has 0 spiro atoms. The van der Waals surface area contributed by atoms with Crippen LogP contribution in [0.1, 0.15) is 0 Å². The summed E-state index contributed by atoms with van der Waals surface area (Å²) in [6, 6.07) is 8.99. The summed E-state index contributed by atoms with van der Waals surface area (Å²) in [4.78, 5) is 0. The second-order valence-corrected chi connectivity index (χ2v) is 2.79. The van der Waals surface area contributed by atoms with Gasteiger partial charge in [0.15, 0.2) is 0 Å². The van der Waals surface area contributed by atoms with Gasteiger partial charge >= 0.3 is 0 Å². The summed E-state index contributed by atoms with van der Waals surface area (Å²) in [5.74, 6) is 0. The molecule has 0 bridgehead atoms. The standard InChI is InChI=1S/C9H5ClN4/c10-7-2-1-3-8(4-7)13-14-9(5-11)6-12/h1-4,9H. The number of nitriles is 2. The summed E-state index contributed by atoms with van der Waals surface area (Å²) in [7, 11) is 0. The molecule has 1 aromatic carbocycles. The lowest BCUT2D eigenvalue weighted by Gasteiger charge is -1.92. The highest BCUT2D eigenvalue weighted by atomic mass is 35.5. The van der Waals surface area contributed by atoms with Crippen LogP contribution in [0.2, 0.25) is 5.02 Å². The molecule has 0 saturated heterocycles. The van der Waals surface area contributed by atoms with Crippen molar-refractivity contribution in [2.24, 2.45) is 10.2 Å². The average Bonchev–Trinajstić information content (AvgIpc) is 2.19. The molecule has 0 saturated carbocycles. The molecule has 0 aliphatic rings. The van der Waals surface area contributed by atoms with E-state index in [1.807, 2.05) is 0 Å². The molecule has 0 amide bonds. The van der Waals surface area contributed by atoms with Crippen molar-refractivity contribution in [1.29, 1.82) is 10.5 Å². The SMILES string of the molecule is N#CC(C#N)N=Nc1cccc(Cl)c1. The van der Waals surface area contributed by atoms with Crippen molar-refractivity contribution >= 4 is 17.3 Å². The summed E-state index contributed by atoms with van der Waals surface area (Å²) >= 11 is 5.70. The Morgan fingerprint density at radius 3 is 2.57 bits per heavy atom. The number of hydrogen-bond acceptors (Lipinski definition) is 4. The molecule has 5 heteroatoms. The third-order valence-corrected chi connectivity index (χ3v) is 1.58. The van der Waals surface area contributed by atoms with Crippen LogP contribution in [-0.2, 0) is 0 Å². The molecular weight excluding hydrogens is 200 g/mol. The molecule has 0 aliphatic heterocycles. The molecule has 14 heavy (non-hydrogen) atoms. The van der Waals surface area contributed by atoms with Crippen molar-refractivity contribution in [3.05, 3.63) is 29.3 Å². The van der Waals surface area contributed by atoms with Crippen LogP contribution in [0, 0.1) is 22.7 Å². The van der Waals surface area contributed by atoms with Crippen molar-refractivity contribution in [2.75, 3.05) is 0 Å². The summed E-state index contributed by atoms with van der Waals surface area (Å²) in [6.45, 7) is 0. The maximum Gasteiger partial charge on any atom is 0.242 e. The van der Waals surface area contributed by atoms with Crippen LogP contribution in [0.3, 0.4) is 0 Å². The Balaban J connectivity index is 2.80. The van der Waals surface area contributed by atoms with E-state index in [1.54, 1.807) is 36.4 Å². The molecule has 0 aliphatic carbocycles. The van der Waals surface area contributed by atoms with Crippen molar-refractivity contribution in [1.82, 2.24) is 0 Å². The maximum atomic E-state index is 8.41. The van der Waals surface area contributed by atoms with Crippen LogP contribution in [0.5, 0.6) is 0 Å². The molecule has 0 N–H and O–H groups in total. The first kappa shape index (κ1) is 10.2. The van der Waals surface area contributed by atoms with Gasteiger partial charge in [-0.25, -0.2) is 0 Å². The number of nitrogens with zero attached hydrogens (tertiary/aromatic N) is 4. The van der Waals surface area contributed by atoms with Crippen LogP contribution in [0.15, 0.2) is 34.5 Å². The van der Waals surface area contributed by atoms with Gasteiger partial charge < -0.3 is 0 Å². The van der Waals surface area contributed by atoms with Gasteiger partial charge in [0, 0.05) is 5.02 Å². The fourth-order valence-electron chi connectivity index (χ4n) is 0.743. The van der Waals surface area contributed by atoms with Gasteiger partial charge in [-0.1, -0.05) is 17.7 Å². The molecule has 1 aromatic rings. The highest BCUT2D eigenvalue weighted by molar-refractivity contribution is 6.30. The van der Waals surface area contributed by atoms with Crippen molar-refractivity contribution in [3.63, 3.8) is 0 Å². The third-order valence-electron chi connectivity index (χ3n) is 1.34. The zero-order chi connectivity index (χ0) is 10.4. The van der Waals surface area contributed by atoms with E-state index in [-0.39, 0.29) is 0 Å². The van der Waals surface area contributed by atoms with E-state index in [1.165, 1.54) is 0 Å². The largest absolute Gasteiger partial charge is 0.242 e. The van der Waals surface area contributed by atoms with Gasteiger partial charge in [-0.3, -0.25) is 0 Å². The quantitative estimate of drug-likeness (QED) is 0.695. The molecule has 0 unspecified atom stereocenters. The van der Waals surface area contributed by atoms with Crippen molar-refractivity contribution in [2.45, 2.75) is 6.04 Å². The lowest BCUT2D eigenvalue weighted by Crippen LogP contribution is -1.92. The van der Waals surface area contributed by atoms with Crippen molar-refractivity contribution < 1.29 is 0 Å². The Labute approximate surface area is 86.1 Å². The first-order valence-electron chi connectivity index (χ1n) is 3.72. The number of hydrogen-bond donors (Lipinski definition) is 0. The zero-order valence-electron chi connectivity index (χ0n) is 7.05. The topological polar surface area (TPSA) is 72.3 Å². The second-order valence-electron chi connectivity index (χ2n) is 2.36. The van der Waals surface area contributed by atoms with Gasteiger partial charge in [-0.2, -0.15) is 20.8 Å². The molecule has 0 aromatic heterocycles. The minimum atomic E-state index is -1.06. The van der Waals surface area contributed by atoms with Crippen LogP contribution in [0.25, 0.3) is 0 Å². The Hall–Kier alpha value is -1.91. The van der Waals surface area contributed by atoms with Crippen LogP contribution >= 0.6 is 11.6 Å². The van der Waals surface area contributed by atoms with Crippen LogP contribution < -0.4 is 0 Å². The van der Waals surface area contributed by atoms with Gasteiger partial charge in [0.2, 0.25) is 6.04 Å². The fraction of sp³-hybridized carbons (Fsp3) is 0.111. The second kappa shape index (κ2) is 4.96. The average molecular weight is 205 g/mol. The predicted octanol–water partition coefficient (Wildman–Crippen LogP) is 2.84. The number of azo groups is 1.